The number of aromatic hydroxyl groups is 1. The molecule has 2 aromatic carbocycles. The van der Waals surface area contributed by atoms with Crippen molar-refractivity contribution >= 4 is 17.3 Å². The van der Waals surface area contributed by atoms with Crippen molar-refractivity contribution < 1.29 is 9.90 Å². The molecule has 1 amide bonds. The maximum atomic E-state index is 13.1. The fourth-order valence-corrected chi connectivity index (χ4v) is 3.84. The SMILES string of the molecule is O=C1C(Cc2ccc(O)cc2)=NC2=C(C3CC3)CN(c3ccccc3)CN12. The van der Waals surface area contributed by atoms with Crippen LogP contribution in [0.5, 0.6) is 5.75 Å². The van der Waals surface area contributed by atoms with Gasteiger partial charge in [0, 0.05) is 18.7 Å². The molecule has 1 N–H and O–H groups in total. The number of hydrogen-bond donors (Lipinski definition) is 1. The molecule has 5 rings (SSSR count). The first-order chi connectivity index (χ1) is 13.2. The number of aliphatic imine (C=N–C) groups is 1. The molecule has 5 heteroatoms. The average molecular weight is 359 g/mol. The molecule has 0 aromatic heterocycles. The number of para-hydroxylation sites is 1. The molecule has 2 aromatic rings. The monoisotopic (exact) mass is 359 g/mol. The molecule has 2 aliphatic heterocycles. The smallest absolute Gasteiger partial charge is 0.275 e. The van der Waals surface area contributed by atoms with Crippen LogP contribution < -0.4 is 4.90 Å². The van der Waals surface area contributed by atoms with Crippen molar-refractivity contribution in [1.82, 2.24) is 4.90 Å². The van der Waals surface area contributed by atoms with Crippen molar-refractivity contribution in [2.24, 2.45) is 10.9 Å². The number of fused-ring (bicyclic) bond motifs is 1. The second kappa shape index (κ2) is 6.27. The Morgan fingerprint density at radius 3 is 2.48 bits per heavy atom. The van der Waals surface area contributed by atoms with E-state index in [-0.39, 0.29) is 11.7 Å². The summed E-state index contributed by atoms with van der Waals surface area (Å²) in [6.07, 6.45) is 2.86. The van der Waals surface area contributed by atoms with E-state index in [4.69, 9.17) is 4.99 Å². The molecular formula is C22H21N3O2. The summed E-state index contributed by atoms with van der Waals surface area (Å²) in [6, 6.07) is 17.2. The molecule has 136 valence electrons. The van der Waals surface area contributed by atoms with Gasteiger partial charge in [0.25, 0.3) is 5.91 Å². The normalized spacial score (nSPS) is 19.4. The van der Waals surface area contributed by atoms with Gasteiger partial charge in [-0.3, -0.25) is 9.69 Å². The molecule has 1 aliphatic carbocycles. The van der Waals surface area contributed by atoms with Crippen LogP contribution in [0.25, 0.3) is 0 Å². The van der Waals surface area contributed by atoms with Gasteiger partial charge in [0.15, 0.2) is 0 Å². The van der Waals surface area contributed by atoms with Crippen molar-refractivity contribution in [3.63, 3.8) is 0 Å². The minimum atomic E-state index is -0.00291. The fourth-order valence-electron chi connectivity index (χ4n) is 3.84. The highest BCUT2D eigenvalue weighted by molar-refractivity contribution is 6.41. The summed E-state index contributed by atoms with van der Waals surface area (Å²) in [4.78, 5) is 21.9. The van der Waals surface area contributed by atoms with Crippen LogP contribution in [0.4, 0.5) is 5.69 Å². The highest BCUT2D eigenvalue weighted by Gasteiger charge is 2.41. The van der Waals surface area contributed by atoms with E-state index in [1.807, 2.05) is 35.2 Å². The van der Waals surface area contributed by atoms with E-state index in [2.05, 4.69) is 17.0 Å². The topological polar surface area (TPSA) is 56.1 Å². The number of anilines is 1. The number of nitrogens with zero attached hydrogens (tertiary/aromatic N) is 3. The average Bonchev–Trinajstić information content (AvgIpc) is 3.50. The number of benzene rings is 2. The largest absolute Gasteiger partial charge is 0.508 e. The molecule has 0 unspecified atom stereocenters. The maximum Gasteiger partial charge on any atom is 0.275 e. The Balaban J connectivity index is 1.45. The van der Waals surface area contributed by atoms with Crippen LogP contribution in [0.2, 0.25) is 0 Å². The molecule has 5 nitrogen and oxygen atoms in total. The number of phenols is 1. The number of amides is 1. The molecule has 0 spiro atoms. The number of carbonyl (C=O) groups is 1. The zero-order valence-electron chi connectivity index (χ0n) is 15.0. The lowest BCUT2D eigenvalue weighted by atomic mass is 10.1. The summed E-state index contributed by atoms with van der Waals surface area (Å²) in [6.45, 7) is 1.38. The van der Waals surface area contributed by atoms with Crippen LogP contribution in [0.3, 0.4) is 0 Å². The number of hydrogen-bond acceptors (Lipinski definition) is 4. The summed E-state index contributed by atoms with van der Waals surface area (Å²) in [5.41, 5.74) is 3.99. The van der Waals surface area contributed by atoms with Gasteiger partial charge in [-0.15, -0.1) is 0 Å². The van der Waals surface area contributed by atoms with Crippen LogP contribution in [-0.4, -0.2) is 34.8 Å². The highest BCUT2D eigenvalue weighted by atomic mass is 16.3. The van der Waals surface area contributed by atoms with Gasteiger partial charge in [-0.2, -0.15) is 0 Å². The van der Waals surface area contributed by atoms with Gasteiger partial charge in [0.2, 0.25) is 0 Å². The van der Waals surface area contributed by atoms with Crippen molar-refractivity contribution in [3.8, 4) is 5.75 Å². The predicted molar refractivity (Wildman–Crippen MR) is 104 cm³/mol. The molecule has 0 radical (unpaired) electrons. The van der Waals surface area contributed by atoms with Crippen LogP contribution in [0, 0.1) is 5.92 Å². The minimum Gasteiger partial charge on any atom is -0.508 e. The first-order valence-electron chi connectivity index (χ1n) is 9.39. The van der Waals surface area contributed by atoms with Crippen molar-refractivity contribution in [1.29, 1.82) is 0 Å². The third-order valence-electron chi connectivity index (χ3n) is 5.45. The number of carbonyl (C=O) groups excluding carboxylic acids is 1. The molecule has 1 fully saturated rings. The Kier molecular flexibility index (Phi) is 3.74. The first-order valence-corrected chi connectivity index (χ1v) is 9.39. The zero-order valence-corrected chi connectivity index (χ0v) is 15.0. The number of rotatable bonds is 4. The first kappa shape index (κ1) is 16.1. The lowest BCUT2D eigenvalue weighted by molar-refractivity contribution is -0.121. The Morgan fingerprint density at radius 1 is 1.04 bits per heavy atom. The Labute approximate surface area is 158 Å². The van der Waals surface area contributed by atoms with Crippen LogP contribution in [0.1, 0.15) is 18.4 Å². The lowest BCUT2D eigenvalue weighted by Gasteiger charge is -2.36. The second-order valence-electron chi connectivity index (χ2n) is 7.43. The van der Waals surface area contributed by atoms with E-state index in [0.717, 1.165) is 23.6 Å². The third kappa shape index (κ3) is 2.99. The van der Waals surface area contributed by atoms with E-state index in [1.165, 1.54) is 18.4 Å². The second-order valence-corrected chi connectivity index (χ2v) is 7.43. The molecule has 2 heterocycles. The third-order valence-corrected chi connectivity index (χ3v) is 5.45. The van der Waals surface area contributed by atoms with Crippen molar-refractivity contribution in [2.45, 2.75) is 19.3 Å². The van der Waals surface area contributed by atoms with Gasteiger partial charge in [0.1, 0.15) is 24.0 Å². The molecule has 0 saturated heterocycles. The Bertz CT molecular complexity index is 943. The molecule has 27 heavy (non-hydrogen) atoms. The van der Waals surface area contributed by atoms with Crippen LogP contribution >= 0.6 is 0 Å². The summed E-state index contributed by atoms with van der Waals surface area (Å²) >= 11 is 0. The van der Waals surface area contributed by atoms with Gasteiger partial charge < -0.3 is 10.0 Å². The van der Waals surface area contributed by atoms with Crippen LogP contribution in [-0.2, 0) is 11.2 Å². The van der Waals surface area contributed by atoms with Gasteiger partial charge in [-0.05, 0) is 54.2 Å². The maximum absolute atomic E-state index is 13.1. The van der Waals surface area contributed by atoms with Gasteiger partial charge >= 0.3 is 0 Å². The Hall–Kier alpha value is -3.08. The van der Waals surface area contributed by atoms with E-state index in [0.29, 0.717) is 24.7 Å². The summed E-state index contributed by atoms with van der Waals surface area (Å²) in [5, 5.41) is 9.46. The number of phenolic OH excluding ortho intramolecular Hbond substituents is 1. The molecule has 0 bridgehead atoms. The standard InChI is InChI=1S/C22H21N3O2/c26-18-10-6-15(7-11-18)12-20-22(27)25-14-24(17-4-2-1-3-5-17)13-19(16-8-9-16)21(25)23-20/h1-7,10-11,16,26H,8-9,12-14H2. The predicted octanol–water partition coefficient (Wildman–Crippen LogP) is 3.32. The van der Waals surface area contributed by atoms with Crippen molar-refractivity contribution in [3.05, 3.63) is 71.6 Å². The zero-order chi connectivity index (χ0) is 18.4. The van der Waals surface area contributed by atoms with E-state index in [9.17, 15) is 9.90 Å². The van der Waals surface area contributed by atoms with Gasteiger partial charge in [-0.25, -0.2) is 4.99 Å². The lowest BCUT2D eigenvalue weighted by Crippen LogP contribution is -2.45. The van der Waals surface area contributed by atoms with E-state index < -0.39 is 0 Å². The summed E-state index contributed by atoms with van der Waals surface area (Å²) in [7, 11) is 0. The molecule has 3 aliphatic rings. The fraction of sp³-hybridized carbons (Fsp3) is 0.273. The van der Waals surface area contributed by atoms with Crippen LogP contribution in [0.15, 0.2) is 71.0 Å². The van der Waals surface area contributed by atoms with Gasteiger partial charge in [-0.1, -0.05) is 30.3 Å². The highest BCUT2D eigenvalue weighted by Crippen LogP contribution is 2.43. The molecule has 0 atom stereocenters. The molecular weight excluding hydrogens is 338 g/mol. The Morgan fingerprint density at radius 2 is 1.78 bits per heavy atom. The summed E-state index contributed by atoms with van der Waals surface area (Å²) in [5.74, 6) is 1.66. The van der Waals surface area contributed by atoms with E-state index in [1.54, 1.807) is 12.1 Å². The van der Waals surface area contributed by atoms with Gasteiger partial charge in [0.05, 0.1) is 0 Å². The van der Waals surface area contributed by atoms with E-state index >= 15 is 0 Å². The minimum absolute atomic E-state index is 0.00291. The summed E-state index contributed by atoms with van der Waals surface area (Å²) < 4.78 is 0. The molecule has 1 saturated carbocycles. The van der Waals surface area contributed by atoms with Crippen molar-refractivity contribution in [2.75, 3.05) is 18.1 Å². The quantitative estimate of drug-likeness (QED) is 0.911.